The van der Waals surface area contributed by atoms with Crippen molar-refractivity contribution in [2.24, 2.45) is 0 Å². The van der Waals surface area contributed by atoms with Gasteiger partial charge in [0.25, 0.3) is 10.1 Å². The van der Waals surface area contributed by atoms with Gasteiger partial charge in [0.2, 0.25) is 0 Å². The molecular weight excluding hydrogens is 519 g/mol. The highest BCUT2D eigenvalue weighted by Crippen LogP contribution is 2.56. The highest BCUT2D eigenvalue weighted by atomic mass is 32.2. The first kappa shape index (κ1) is 28.4. The molecule has 7 nitrogen and oxygen atoms in total. The Labute approximate surface area is 214 Å². The SMILES string of the molecule is CS(=O)(=O)OC[C@H]1CC[C@@H](C[P+](c2ccccc2)(c2ccccc2)c2ccccc2)O1.CS(=O)(=O)[O-]. The van der Waals surface area contributed by atoms with Crippen LogP contribution in [0, 0.1) is 0 Å². The average Bonchev–Trinajstić information content (AvgIpc) is 3.29. The molecule has 0 saturated carbocycles. The molecule has 1 saturated heterocycles. The molecule has 194 valence electrons. The van der Waals surface area contributed by atoms with Crippen molar-refractivity contribution in [3.05, 3.63) is 91.0 Å². The molecule has 1 aliphatic heterocycles. The number of hydrogen-bond acceptors (Lipinski definition) is 7. The molecule has 10 heteroatoms. The van der Waals surface area contributed by atoms with Crippen LogP contribution < -0.4 is 15.9 Å². The molecule has 0 amide bonds. The fourth-order valence-corrected chi connectivity index (χ4v) is 9.20. The highest BCUT2D eigenvalue weighted by molar-refractivity contribution is 7.95. The van der Waals surface area contributed by atoms with Crippen LogP contribution in [0.1, 0.15) is 12.8 Å². The van der Waals surface area contributed by atoms with Gasteiger partial charge >= 0.3 is 0 Å². The van der Waals surface area contributed by atoms with Crippen molar-refractivity contribution in [1.29, 1.82) is 0 Å². The van der Waals surface area contributed by atoms with Gasteiger partial charge in [-0.05, 0) is 49.2 Å². The minimum atomic E-state index is -3.92. The lowest BCUT2D eigenvalue weighted by molar-refractivity contribution is 0.0298. The third-order valence-electron chi connectivity index (χ3n) is 5.73. The van der Waals surface area contributed by atoms with E-state index in [1.165, 1.54) is 15.9 Å². The molecule has 0 aromatic heterocycles. The Hall–Kier alpha value is -2.13. The molecule has 3 aromatic rings. The molecule has 0 bridgehead atoms. The van der Waals surface area contributed by atoms with Gasteiger partial charge in [-0.25, -0.2) is 8.42 Å². The maximum atomic E-state index is 11.4. The van der Waals surface area contributed by atoms with Crippen molar-refractivity contribution in [1.82, 2.24) is 0 Å². The molecule has 0 N–H and O–H groups in total. The van der Waals surface area contributed by atoms with E-state index in [2.05, 4.69) is 91.0 Å². The van der Waals surface area contributed by atoms with Crippen molar-refractivity contribution in [2.75, 3.05) is 25.3 Å². The molecule has 3 aromatic carbocycles. The van der Waals surface area contributed by atoms with Crippen molar-refractivity contribution < 1.29 is 30.3 Å². The van der Waals surface area contributed by atoms with Crippen LogP contribution in [-0.2, 0) is 29.2 Å². The second-order valence-corrected chi connectivity index (χ2v) is 15.2. The summed E-state index contributed by atoms with van der Waals surface area (Å²) in [7, 11) is -9.35. The Morgan fingerprint density at radius 2 is 1.11 bits per heavy atom. The van der Waals surface area contributed by atoms with E-state index in [1.807, 2.05) is 0 Å². The largest absolute Gasteiger partial charge is 0.748 e. The molecule has 0 unspecified atom stereocenters. The summed E-state index contributed by atoms with van der Waals surface area (Å²) < 4.78 is 61.3. The monoisotopic (exact) mass is 550 g/mol. The Kier molecular flexibility index (Phi) is 9.80. The predicted octanol–water partition coefficient (Wildman–Crippen LogP) is 2.67. The van der Waals surface area contributed by atoms with Crippen LogP contribution in [0.3, 0.4) is 0 Å². The van der Waals surface area contributed by atoms with E-state index in [0.29, 0.717) is 6.26 Å². The maximum absolute atomic E-state index is 11.4. The lowest BCUT2D eigenvalue weighted by atomic mass is 10.2. The number of ether oxygens (including phenoxy) is 1. The summed E-state index contributed by atoms with van der Waals surface area (Å²) in [4.78, 5) is 0. The minimum Gasteiger partial charge on any atom is -0.748 e. The van der Waals surface area contributed by atoms with Gasteiger partial charge in [0, 0.05) is 6.26 Å². The van der Waals surface area contributed by atoms with E-state index in [-0.39, 0.29) is 18.8 Å². The smallest absolute Gasteiger partial charge is 0.264 e. The summed E-state index contributed by atoms with van der Waals surface area (Å²) in [5.74, 6) is 0. The van der Waals surface area contributed by atoms with Gasteiger partial charge in [0.05, 0.1) is 41.4 Å². The van der Waals surface area contributed by atoms with Crippen LogP contribution in [0.2, 0.25) is 0 Å². The summed E-state index contributed by atoms with van der Waals surface area (Å²) in [6, 6.07) is 32.2. The minimum absolute atomic E-state index is 0.0436. The lowest BCUT2D eigenvalue weighted by Crippen LogP contribution is -2.37. The predicted molar refractivity (Wildman–Crippen MR) is 144 cm³/mol. The van der Waals surface area contributed by atoms with Crippen LogP contribution in [0.15, 0.2) is 91.0 Å². The molecule has 2 atom stereocenters. The lowest BCUT2D eigenvalue weighted by Gasteiger charge is -2.30. The molecule has 0 spiro atoms. The summed E-state index contributed by atoms with van der Waals surface area (Å²) in [6.45, 7) is 0.0861. The van der Waals surface area contributed by atoms with Crippen molar-refractivity contribution >= 4 is 43.4 Å². The van der Waals surface area contributed by atoms with Crippen molar-refractivity contribution in [2.45, 2.75) is 25.0 Å². The van der Waals surface area contributed by atoms with Gasteiger partial charge in [0.1, 0.15) is 23.2 Å². The van der Waals surface area contributed by atoms with Gasteiger partial charge < -0.3 is 9.29 Å². The van der Waals surface area contributed by atoms with E-state index in [9.17, 15) is 8.42 Å². The third kappa shape index (κ3) is 8.47. The van der Waals surface area contributed by atoms with E-state index >= 15 is 0 Å². The van der Waals surface area contributed by atoms with Crippen LogP contribution in [0.5, 0.6) is 0 Å². The quantitative estimate of drug-likeness (QED) is 0.241. The normalized spacial score (nSPS) is 18.3. The molecule has 1 heterocycles. The Morgan fingerprint density at radius 3 is 1.47 bits per heavy atom. The first-order chi connectivity index (χ1) is 17.0. The molecule has 0 radical (unpaired) electrons. The van der Waals surface area contributed by atoms with Gasteiger partial charge in [-0.2, -0.15) is 8.42 Å². The maximum Gasteiger partial charge on any atom is 0.264 e. The van der Waals surface area contributed by atoms with Crippen LogP contribution in [0.4, 0.5) is 0 Å². The Morgan fingerprint density at radius 1 is 0.750 bits per heavy atom. The summed E-state index contributed by atoms with van der Waals surface area (Å²) in [5, 5.41) is 3.98. The summed E-state index contributed by atoms with van der Waals surface area (Å²) in [6.07, 6.45) is 4.11. The number of hydrogen-bond donors (Lipinski definition) is 0. The second kappa shape index (κ2) is 12.4. The number of benzene rings is 3. The zero-order valence-electron chi connectivity index (χ0n) is 20.3. The summed E-state index contributed by atoms with van der Waals surface area (Å²) in [5.41, 5.74) is 0. The van der Waals surface area contributed by atoms with Crippen LogP contribution in [0.25, 0.3) is 0 Å². The van der Waals surface area contributed by atoms with Gasteiger partial charge in [-0.1, -0.05) is 54.6 Å². The van der Waals surface area contributed by atoms with Crippen LogP contribution in [-0.4, -0.2) is 58.9 Å². The van der Waals surface area contributed by atoms with E-state index in [1.54, 1.807) is 0 Å². The highest BCUT2D eigenvalue weighted by Gasteiger charge is 2.48. The molecule has 0 aliphatic carbocycles. The Balaban J connectivity index is 0.000000658. The van der Waals surface area contributed by atoms with E-state index < -0.39 is 27.5 Å². The zero-order valence-corrected chi connectivity index (χ0v) is 22.8. The summed E-state index contributed by atoms with van der Waals surface area (Å²) >= 11 is 0. The molecule has 1 aliphatic rings. The first-order valence-electron chi connectivity index (χ1n) is 11.4. The zero-order chi connectivity index (χ0) is 26.2. The topological polar surface area (TPSA) is 110 Å². The standard InChI is InChI=1S/C25H28O4PS.CH4O3S/c1-31(26,27)28-19-21-17-18-22(29-21)20-30(23-11-5-2-6-12-23,24-13-7-3-8-14-24)25-15-9-4-10-16-25;1-5(2,3)4/h2-16,21-22H,17-20H2,1H3;1H3,(H,2,3,4)/q+1;/p-1/t21-,22+;/m1./s1. The van der Waals surface area contributed by atoms with Crippen molar-refractivity contribution in [3.8, 4) is 0 Å². The van der Waals surface area contributed by atoms with E-state index in [4.69, 9.17) is 21.9 Å². The van der Waals surface area contributed by atoms with E-state index in [0.717, 1.165) is 25.3 Å². The van der Waals surface area contributed by atoms with Gasteiger partial charge in [-0.15, -0.1) is 0 Å². The average molecular weight is 551 g/mol. The first-order valence-corrected chi connectivity index (χ1v) is 17.0. The number of rotatable bonds is 8. The molecule has 36 heavy (non-hydrogen) atoms. The van der Waals surface area contributed by atoms with Crippen LogP contribution >= 0.6 is 7.26 Å². The molecular formula is C26H31O7PS2. The third-order valence-corrected chi connectivity index (χ3v) is 10.8. The van der Waals surface area contributed by atoms with Gasteiger partial charge in [0.15, 0.2) is 0 Å². The molecule has 4 rings (SSSR count). The molecule has 1 fully saturated rings. The fraction of sp³-hybridized carbons (Fsp3) is 0.308. The Bertz CT molecular complexity index is 1200. The van der Waals surface area contributed by atoms with Crippen molar-refractivity contribution in [3.63, 3.8) is 0 Å². The van der Waals surface area contributed by atoms with Gasteiger partial charge in [-0.3, -0.25) is 4.18 Å². The second-order valence-electron chi connectivity index (χ2n) is 8.65. The fourth-order valence-electron chi connectivity index (χ4n) is 4.35.